The summed E-state index contributed by atoms with van der Waals surface area (Å²) in [6.07, 6.45) is 0. The molecule has 0 aliphatic heterocycles. The number of hydrogen-bond acceptors (Lipinski definition) is 3. The molecule has 1 aromatic heterocycles. The molecule has 1 aromatic carbocycles. The number of carbonyl (C=O) groups excluding carboxylic acids is 1. The number of halogens is 1. The van der Waals surface area contributed by atoms with E-state index in [-0.39, 0.29) is 12.5 Å². The Hall–Kier alpha value is -1.80. The van der Waals surface area contributed by atoms with E-state index in [9.17, 15) is 4.79 Å². The van der Waals surface area contributed by atoms with E-state index in [1.165, 1.54) is 11.3 Å². The maximum absolute atomic E-state index is 12.1. The normalized spacial score (nSPS) is 9.86. The molecule has 2 N–H and O–H groups in total. The van der Waals surface area contributed by atoms with Gasteiger partial charge < -0.3 is 10.4 Å². The van der Waals surface area contributed by atoms with Gasteiger partial charge in [0.2, 0.25) is 0 Å². The maximum atomic E-state index is 12.1. The second-order valence-corrected chi connectivity index (χ2v) is 5.82. The standard InChI is InChI=1S/C16H14ClNO2S/c1-11-9-15(21-14(11)7-4-8-19)16(20)18-10-12-5-2-3-6-13(12)17/h2-3,5-6,9,19H,8,10H2,1H3,(H,18,20). The Morgan fingerprint density at radius 1 is 1.43 bits per heavy atom. The second-order valence-electron chi connectivity index (χ2n) is 4.36. The number of rotatable bonds is 3. The smallest absolute Gasteiger partial charge is 0.261 e. The molecule has 0 atom stereocenters. The summed E-state index contributed by atoms with van der Waals surface area (Å²) >= 11 is 7.37. The van der Waals surface area contributed by atoms with Crippen LogP contribution in [0.1, 0.15) is 25.7 Å². The Balaban J connectivity index is 2.06. The van der Waals surface area contributed by atoms with Gasteiger partial charge in [0, 0.05) is 11.6 Å². The van der Waals surface area contributed by atoms with Crippen LogP contribution in [0.15, 0.2) is 30.3 Å². The highest BCUT2D eigenvalue weighted by Gasteiger charge is 2.11. The molecule has 2 rings (SSSR count). The minimum absolute atomic E-state index is 0.153. The van der Waals surface area contributed by atoms with E-state index in [0.29, 0.717) is 16.4 Å². The fourth-order valence-electron chi connectivity index (χ4n) is 1.74. The minimum atomic E-state index is -0.189. The average Bonchev–Trinajstić information content (AvgIpc) is 2.85. The molecule has 0 spiro atoms. The lowest BCUT2D eigenvalue weighted by Crippen LogP contribution is -2.21. The number of nitrogens with one attached hydrogen (secondary N) is 1. The predicted octanol–water partition coefficient (Wildman–Crippen LogP) is 2.98. The van der Waals surface area contributed by atoms with Gasteiger partial charge in [-0.2, -0.15) is 0 Å². The summed E-state index contributed by atoms with van der Waals surface area (Å²) in [5.41, 5.74) is 1.81. The molecule has 21 heavy (non-hydrogen) atoms. The first-order valence-electron chi connectivity index (χ1n) is 6.33. The first-order valence-corrected chi connectivity index (χ1v) is 7.53. The Morgan fingerprint density at radius 3 is 2.90 bits per heavy atom. The molecule has 2 aromatic rings. The van der Waals surface area contributed by atoms with Crippen molar-refractivity contribution in [1.82, 2.24) is 5.32 Å². The van der Waals surface area contributed by atoms with Crippen LogP contribution >= 0.6 is 22.9 Å². The SMILES string of the molecule is Cc1cc(C(=O)NCc2ccccc2Cl)sc1C#CCO. The molecular weight excluding hydrogens is 306 g/mol. The van der Waals surface area contributed by atoms with Crippen molar-refractivity contribution in [3.63, 3.8) is 0 Å². The zero-order valence-corrected chi connectivity index (χ0v) is 13.0. The van der Waals surface area contributed by atoms with E-state index in [1.807, 2.05) is 25.1 Å². The van der Waals surface area contributed by atoms with Crippen LogP contribution in [0.2, 0.25) is 5.02 Å². The lowest BCUT2D eigenvalue weighted by molar-refractivity contribution is 0.0955. The fraction of sp³-hybridized carbons (Fsp3) is 0.188. The van der Waals surface area contributed by atoms with Crippen LogP contribution in [0.5, 0.6) is 0 Å². The number of benzene rings is 1. The molecule has 0 unspecified atom stereocenters. The highest BCUT2D eigenvalue weighted by molar-refractivity contribution is 7.14. The zero-order chi connectivity index (χ0) is 15.2. The van der Waals surface area contributed by atoms with Gasteiger partial charge in [-0.3, -0.25) is 4.79 Å². The number of thiophene rings is 1. The van der Waals surface area contributed by atoms with Crippen LogP contribution in [0.4, 0.5) is 0 Å². The van der Waals surface area contributed by atoms with Gasteiger partial charge in [-0.15, -0.1) is 11.3 Å². The van der Waals surface area contributed by atoms with Crippen molar-refractivity contribution in [3.05, 3.63) is 56.2 Å². The van der Waals surface area contributed by atoms with Gasteiger partial charge in [-0.25, -0.2) is 0 Å². The molecule has 0 saturated heterocycles. The summed E-state index contributed by atoms with van der Waals surface area (Å²) in [5, 5.41) is 12.2. The first kappa shape index (κ1) is 15.6. The van der Waals surface area contributed by atoms with Crippen molar-refractivity contribution in [2.75, 3.05) is 6.61 Å². The molecule has 0 saturated carbocycles. The number of aliphatic hydroxyl groups excluding tert-OH is 1. The van der Waals surface area contributed by atoms with Crippen molar-refractivity contribution in [2.24, 2.45) is 0 Å². The quantitative estimate of drug-likeness (QED) is 0.855. The summed E-state index contributed by atoms with van der Waals surface area (Å²) in [6, 6.07) is 9.20. The Labute approximate surface area is 132 Å². The molecule has 1 amide bonds. The zero-order valence-electron chi connectivity index (χ0n) is 11.4. The van der Waals surface area contributed by atoms with Crippen LogP contribution in [-0.2, 0) is 6.54 Å². The monoisotopic (exact) mass is 319 g/mol. The predicted molar refractivity (Wildman–Crippen MR) is 85.6 cm³/mol. The van der Waals surface area contributed by atoms with Gasteiger partial charge in [-0.1, -0.05) is 41.6 Å². The summed E-state index contributed by atoms with van der Waals surface area (Å²) in [7, 11) is 0. The van der Waals surface area contributed by atoms with E-state index < -0.39 is 0 Å². The van der Waals surface area contributed by atoms with Crippen molar-refractivity contribution >= 4 is 28.8 Å². The van der Waals surface area contributed by atoms with Crippen LogP contribution in [0, 0.1) is 18.8 Å². The molecule has 0 fully saturated rings. The third kappa shape index (κ3) is 4.08. The lowest BCUT2D eigenvalue weighted by Gasteiger charge is -2.05. The highest BCUT2D eigenvalue weighted by atomic mass is 35.5. The van der Waals surface area contributed by atoms with E-state index in [1.54, 1.807) is 12.1 Å². The number of aryl methyl sites for hydroxylation is 1. The van der Waals surface area contributed by atoms with Gasteiger partial charge in [0.25, 0.3) is 5.91 Å². The number of amides is 1. The van der Waals surface area contributed by atoms with Crippen molar-refractivity contribution < 1.29 is 9.90 Å². The largest absolute Gasteiger partial charge is 0.384 e. The third-order valence-electron chi connectivity index (χ3n) is 2.82. The topological polar surface area (TPSA) is 49.3 Å². The average molecular weight is 320 g/mol. The molecular formula is C16H14ClNO2S. The molecule has 0 aliphatic rings. The Morgan fingerprint density at radius 2 is 2.19 bits per heavy atom. The Kier molecular flexibility index (Phi) is 5.40. The first-order chi connectivity index (χ1) is 10.1. The minimum Gasteiger partial charge on any atom is -0.384 e. The summed E-state index contributed by atoms with van der Waals surface area (Å²) in [4.78, 5) is 13.5. The molecule has 5 heteroatoms. The van der Waals surface area contributed by atoms with Crippen LogP contribution in [-0.4, -0.2) is 17.6 Å². The highest BCUT2D eigenvalue weighted by Crippen LogP contribution is 2.21. The van der Waals surface area contributed by atoms with Crippen LogP contribution in [0.25, 0.3) is 0 Å². The molecule has 0 bridgehead atoms. The van der Waals surface area contributed by atoms with Crippen molar-refractivity contribution in [3.8, 4) is 11.8 Å². The summed E-state index contributed by atoms with van der Waals surface area (Å²) < 4.78 is 0. The van der Waals surface area contributed by atoms with E-state index >= 15 is 0 Å². The van der Waals surface area contributed by atoms with Crippen LogP contribution < -0.4 is 5.32 Å². The lowest BCUT2D eigenvalue weighted by atomic mass is 10.2. The van der Waals surface area contributed by atoms with Gasteiger partial charge in [-0.05, 0) is 30.2 Å². The molecule has 0 aliphatic carbocycles. The van der Waals surface area contributed by atoms with Gasteiger partial charge in [0.05, 0.1) is 9.75 Å². The Bertz CT molecular complexity index is 713. The fourth-order valence-corrected chi connectivity index (χ4v) is 2.91. The van der Waals surface area contributed by atoms with Crippen molar-refractivity contribution in [2.45, 2.75) is 13.5 Å². The third-order valence-corrected chi connectivity index (χ3v) is 4.34. The van der Waals surface area contributed by atoms with Crippen LogP contribution in [0.3, 0.4) is 0 Å². The van der Waals surface area contributed by atoms with Gasteiger partial charge in [0.1, 0.15) is 6.61 Å². The summed E-state index contributed by atoms with van der Waals surface area (Å²) in [5.74, 6) is 5.28. The molecule has 108 valence electrons. The maximum Gasteiger partial charge on any atom is 0.261 e. The molecule has 1 heterocycles. The van der Waals surface area contributed by atoms with Gasteiger partial charge in [0.15, 0.2) is 0 Å². The van der Waals surface area contributed by atoms with Gasteiger partial charge >= 0.3 is 0 Å². The number of carbonyl (C=O) groups is 1. The van der Waals surface area contributed by atoms with E-state index in [0.717, 1.165) is 16.0 Å². The molecule has 0 radical (unpaired) electrons. The number of aliphatic hydroxyl groups is 1. The summed E-state index contributed by atoms with van der Waals surface area (Å²) in [6.45, 7) is 2.08. The van der Waals surface area contributed by atoms with Crippen molar-refractivity contribution in [1.29, 1.82) is 0 Å². The van der Waals surface area contributed by atoms with E-state index in [2.05, 4.69) is 17.2 Å². The van der Waals surface area contributed by atoms with E-state index in [4.69, 9.17) is 16.7 Å². The second kappa shape index (κ2) is 7.28. The number of hydrogen-bond donors (Lipinski definition) is 2. The molecule has 3 nitrogen and oxygen atoms in total.